The van der Waals surface area contributed by atoms with Gasteiger partial charge in [0.1, 0.15) is 6.33 Å². The normalized spacial score (nSPS) is 11.6. The molecule has 0 bridgehead atoms. The Morgan fingerprint density at radius 3 is 2.58 bits per heavy atom. The third-order valence-corrected chi connectivity index (χ3v) is 5.74. The van der Waals surface area contributed by atoms with Gasteiger partial charge in [-0.3, -0.25) is 5.10 Å². The molecule has 10 heteroatoms. The Morgan fingerprint density at radius 2 is 1.94 bits per heavy atom. The Morgan fingerprint density at radius 1 is 1.13 bits per heavy atom. The molecule has 8 nitrogen and oxygen atoms in total. The number of benzene rings is 2. The predicted molar refractivity (Wildman–Crippen MR) is 133 cm³/mol. The van der Waals surface area contributed by atoms with Gasteiger partial charge in [0.25, 0.3) is 0 Å². The number of aliphatic imine (C=N–C) groups is 1. The summed E-state index contributed by atoms with van der Waals surface area (Å²) in [5.41, 5.74) is 3.73. The maximum Gasteiger partial charge on any atom is 0.191 e. The number of rotatable bonds is 7. The molecule has 3 rings (SSSR count). The Hall–Kier alpha value is -2.47. The highest BCUT2D eigenvalue weighted by molar-refractivity contribution is 14.0. The van der Waals surface area contributed by atoms with Crippen molar-refractivity contribution in [3.05, 3.63) is 65.5 Å². The summed E-state index contributed by atoms with van der Waals surface area (Å²) in [6.07, 6.45) is 2.71. The average Bonchev–Trinajstić information content (AvgIpc) is 3.24. The van der Waals surface area contributed by atoms with Crippen molar-refractivity contribution in [2.75, 3.05) is 12.8 Å². The maximum absolute atomic E-state index is 11.8. The first kappa shape index (κ1) is 24.8. The molecule has 0 unspecified atom stereocenters. The van der Waals surface area contributed by atoms with E-state index in [9.17, 15) is 8.42 Å². The zero-order chi connectivity index (χ0) is 21.6. The van der Waals surface area contributed by atoms with Crippen LogP contribution in [0.2, 0.25) is 0 Å². The lowest BCUT2D eigenvalue weighted by Gasteiger charge is -2.13. The summed E-state index contributed by atoms with van der Waals surface area (Å²) in [6, 6.07) is 13.3. The van der Waals surface area contributed by atoms with Crippen LogP contribution in [-0.2, 0) is 22.9 Å². The fourth-order valence-corrected chi connectivity index (χ4v) is 4.06. The number of hydrogen-bond donors (Lipinski definition) is 3. The molecular formula is C21H27IN6O2S. The third-order valence-electron chi connectivity index (χ3n) is 4.48. The monoisotopic (exact) mass is 554 g/mol. The zero-order valence-electron chi connectivity index (χ0n) is 17.7. The topological polar surface area (TPSA) is 112 Å². The van der Waals surface area contributed by atoms with Crippen LogP contribution in [0.1, 0.15) is 23.6 Å². The summed E-state index contributed by atoms with van der Waals surface area (Å²) in [4.78, 5) is 9.19. The van der Waals surface area contributed by atoms with E-state index in [-0.39, 0.29) is 24.0 Å². The number of nitrogens with one attached hydrogen (secondary N) is 3. The number of nitrogens with zero attached hydrogens (tertiary/aromatic N) is 3. The molecule has 0 saturated heterocycles. The van der Waals surface area contributed by atoms with Crippen molar-refractivity contribution in [2.45, 2.75) is 31.8 Å². The van der Waals surface area contributed by atoms with Crippen molar-refractivity contribution in [3.8, 4) is 11.4 Å². The van der Waals surface area contributed by atoms with Crippen LogP contribution in [0.4, 0.5) is 0 Å². The van der Waals surface area contributed by atoms with Crippen molar-refractivity contribution >= 4 is 39.8 Å². The number of guanidine groups is 1. The van der Waals surface area contributed by atoms with Gasteiger partial charge in [0.05, 0.1) is 11.4 Å². The van der Waals surface area contributed by atoms with Gasteiger partial charge in [-0.15, -0.1) is 24.0 Å². The minimum absolute atomic E-state index is 0. The van der Waals surface area contributed by atoms with Crippen LogP contribution in [0.5, 0.6) is 0 Å². The molecule has 1 heterocycles. The first-order valence-electron chi connectivity index (χ1n) is 9.63. The molecule has 0 fully saturated rings. The van der Waals surface area contributed by atoms with Crippen LogP contribution in [-0.4, -0.2) is 42.4 Å². The Labute approximate surface area is 199 Å². The summed E-state index contributed by atoms with van der Waals surface area (Å²) < 4.78 is 23.6. The van der Waals surface area contributed by atoms with Crippen LogP contribution in [0.3, 0.4) is 0 Å². The van der Waals surface area contributed by atoms with E-state index in [0.717, 1.165) is 34.6 Å². The lowest BCUT2D eigenvalue weighted by Crippen LogP contribution is -2.36. The van der Waals surface area contributed by atoms with Gasteiger partial charge in [0.2, 0.25) is 0 Å². The number of aromatic nitrogens is 3. The minimum Gasteiger partial charge on any atom is -0.357 e. The Balaban J connectivity index is 0.00000341. The SMILES string of the molecule is CCNC(=NCc1cccc(-c2ncn[nH]2)c1)NCc1ccc(S(C)(=O)=O)c(C)c1.I. The second kappa shape index (κ2) is 11.2. The predicted octanol–water partition coefficient (Wildman–Crippen LogP) is 3.06. The van der Waals surface area contributed by atoms with Crippen LogP contribution in [0.15, 0.2) is 58.7 Å². The van der Waals surface area contributed by atoms with E-state index in [1.165, 1.54) is 12.6 Å². The molecule has 1 aromatic heterocycles. The molecule has 0 spiro atoms. The summed E-state index contributed by atoms with van der Waals surface area (Å²) >= 11 is 0. The zero-order valence-corrected chi connectivity index (χ0v) is 20.9. The van der Waals surface area contributed by atoms with Crippen LogP contribution in [0.25, 0.3) is 11.4 Å². The van der Waals surface area contributed by atoms with Gasteiger partial charge in [0.15, 0.2) is 21.6 Å². The molecule has 31 heavy (non-hydrogen) atoms. The first-order chi connectivity index (χ1) is 14.4. The summed E-state index contributed by atoms with van der Waals surface area (Å²) in [5, 5.41) is 13.3. The molecule has 3 aromatic rings. The van der Waals surface area contributed by atoms with E-state index in [0.29, 0.717) is 23.9 Å². The molecule has 166 valence electrons. The van der Waals surface area contributed by atoms with Crippen molar-refractivity contribution in [1.82, 2.24) is 25.8 Å². The summed E-state index contributed by atoms with van der Waals surface area (Å²) in [7, 11) is -3.22. The minimum atomic E-state index is -3.22. The number of sulfone groups is 1. The van der Waals surface area contributed by atoms with Gasteiger partial charge < -0.3 is 10.6 Å². The molecule has 2 aromatic carbocycles. The third kappa shape index (κ3) is 7.03. The van der Waals surface area contributed by atoms with Crippen LogP contribution < -0.4 is 10.6 Å². The van der Waals surface area contributed by atoms with E-state index >= 15 is 0 Å². The number of halogens is 1. The van der Waals surface area contributed by atoms with E-state index < -0.39 is 9.84 Å². The van der Waals surface area contributed by atoms with E-state index in [4.69, 9.17) is 0 Å². The van der Waals surface area contributed by atoms with Crippen LogP contribution >= 0.6 is 24.0 Å². The largest absolute Gasteiger partial charge is 0.357 e. The van der Waals surface area contributed by atoms with Gasteiger partial charge in [-0.05, 0) is 42.7 Å². The van der Waals surface area contributed by atoms with Crippen LogP contribution in [0, 0.1) is 6.92 Å². The lowest BCUT2D eigenvalue weighted by atomic mass is 10.1. The van der Waals surface area contributed by atoms with E-state index in [2.05, 4.69) is 30.8 Å². The molecule has 3 N–H and O–H groups in total. The van der Waals surface area contributed by atoms with Crippen molar-refractivity contribution in [2.24, 2.45) is 4.99 Å². The summed E-state index contributed by atoms with van der Waals surface area (Å²) in [6.45, 7) is 5.58. The van der Waals surface area contributed by atoms with Gasteiger partial charge in [0, 0.05) is 24.9 Å². The summed E-state index contributed by atoms with van der Waals surface area (Å²) in [5.74, 6) is 1.41. The molecule has 0 amide bonds. The first-order valence-corrected chi connectivity index (χ1v) is 11.5. The second-order valence-electron chi connectivity index (χ2n) is 6.96. The molecule has 0 aliphatic carbocycles. The van der Waals surface area contributed by atoms with Gasteiger partial charge in [-0.25, -0.2) is 18.4 Å². The number of H-pyrrole nitrogens is 1. The van der Waals surface area contributed by atoms with Crippen molar-refractivity contribution in [3.63, 3.8) is 0 Å². The Kier molecular flexibility index (Phi) is 8.99. The highest BCUT2D eigenvalue weighted by atomic mass is 127. The average molecular weight is 554 g/mol. The standard InChI is InChI=1S/C21H26N6O2S.HI/c1-4-22-21(24-13-17-8-9-19(15(2)10-17)30(3,28)29)23-12-16-6-5-7-18(11-16)20-25-14-26-27-20;/h5-11,14H,4,12-13H2,1-3H3,(H2,22,23,24)(H,25,26,27);1H. The molecular weight excluding hydrogens is 527 g/mol. The van der Waals surface area contributed by atoms with Gasteiger partial charge in [-0.1, -0.05) is 30.3 Å². The highest BCUT2D eigenvalue weighted by Gasteiger charge is 2.11. The van der Waals surface area contributed by atoms with E-state index in [1.807, 2.05) is 43.3 Å². The smallest absolute Gasteiger partial charge is 0.191 e. The Bertz CT molecular complexity index is 1130. The molecule has 0 radical (unpaired) electrons. The number of hydrogen-bond acceptors (Lipinski definition) is 5. The molecule has 0 saturated carbocycles. The fraction of sp³-hybridized carbons (Fsp3) is 0.286. The molecule has 0 atom stereocenters. The maximum atomic E-state index is 11.8. The van der Waals surface area contributed by atoms with Gasteiger partial charge in [-0.2, -0.15) is 5.10 Å². The molecule has 0 aliphatic rings. The highest BCUT2D eigenvalue weighted by Crippen LogP contribution is 2.17. The number of aryl methyl sites for hydroxylation is 1. The molecule has 0 aliphatic heterocycles. The fourth-order valence-electron chi connectivity index (χ4n) is 3.10. The van der Waals surface area contributed by atoms with Crippen molar-refractivity contribution in [1.29, 1.82) is 0 Å². The van der Waals surface area contributed by atoms with Crippen molar-refractivity contribution < 1.29 is 8.42 Å². The quantitative estimate of drug-likeness (QED) is 0.235. The number of aromatic amines is 1. The van der Waals surface area contributed by atoms with Gasteiger partial charge >= 0.3 is 0 Å². The second-order valence-corrected chi connectivity index (χ2v) is 8.94. The van der Waals surface area contributed by atoms with E-state index in [1.54, 1.807) is 13.0 Å². The lowest BCUT2D eigenvalue weighted by molar-refractivity contribution is 0.601.